The molecular weight excluding hydrogens is 472 g/mol. The van der Waals surface area contributed by atoms with Crippen LogP contribution >= 0.6 is 0 Å². The van der Waals surface area contributed by atoms with Crippen molar-refractivity contribution in [3.05, 3.63) is 82.7 Å². The molecule has 0 fully saturated rings. The molecule has 0 aliphatic heterocycles. The maximum absolute atomic E-state index is 12.8. The highest BCUT2D eigenvalue weighted by Crippen LogP contribution is 2.22. The van der Waals surface area contributed by atoms with E-state index < -0.39 is 28.6 Å². The second-order valence-corrected chi connectivity index (χ2v) is 10.1. The minimum atomic E-state index is -3.62. The molecule has 184 valence electrons. The summed E-state index contributed by atoms with van der Waals surface area (Å²) >= 11 is 0. The molecule has 10 heteroatoms. The second-order valence-electron chi connectivity index (χ2n) is 7.97. The summed E-state index contributed by atoms with van der Waals surface area (Å²) in [6, 6.07) is 13.8. The van der Waals surface area contributed by atoms with Crippen LogP contribution in [0.5, 0.6) is 0 Å². The number of nitrogens with zero attached hydrogens (tertiary/aromatic N) is 2. The number of Topliss-reactive ketones (excluding diaryl/α,β-unsaturated/α-hetero) is 1. The number of methoxy groups -OCH3 is 1. The van der Waals surface area contributed by atoms with Crippen LogP contribution in [0.2, 0.25) is 0 Å². The van der Waals surface area contributed by atoms with Crippen LogP contribution in [0.4, 0.5) is 0 Å². The van der Waals surface area contributed by atoms with Gasteiger partial charge in [-0.3, -0.25) is 4.79 Å². The smallest absolute Gasteiger partial charge is 0.338 e. The first kappa shape index (κ1) is 25.9. The number of benzene rings is 2. The van der Waals surface area contributed by atoms with Gasteiger partial charge >= 0.3 is 11.9 Å². The average Bonchev–Trinajstić information content (AvgIpc) is 3.15. The van der Waals surface area contributed by atoms with E-state index in [1.807, 2.05) is 11.5 Å². The van der Waals surface area contributed by atoms with Gasteiger partial charge in [0.05, 0.1) is 23.1 Å². The fraction of sp³-hybridized carbons (Fsp3) is 0.240. The first-order chi connectivity index (χ1) is 16.5. The lowest BCUT2D eigenvalue weighted by Gasteiger charge is -2.11. The van der Waals surface area contributed by atoms with Crippen molar-refractivity contribution in [2.75, 3.05) is 27.8 Å². The Morgan fingerprint density at radius 2 is 1.43 bits per heavy atom. The number of esters is 2. The lowest BCUT2D eigenvalue weighted by molar-refractivity contribution is 0.0474. The van der Waals surface area contributed by atoms with Gasteiger partial charge in [-0.05, 0) is 68.4 Å². The van der Waals surface area contributed by atoms with Gasteiger partial charge in [0.25, 0.3) is 0 Å². The van der Waals surface area contributed by atoms with Crippen molar-refractivity contribution >= 4 is 27.7 Å². The predicted molar refractivity (Wildman–Crippen MR) is 129 cm³/mol. The number of hydrogen-bond donors (Lipinski definition) is 0. The molecule has 3 aromatic rings. The molecule has 3 rings (SSSR count). The third kappa shape index (κ3) is 5.33. The lowest BCUT2D eigenvalue weighted by atomic mass is 10.1. The zero-order chi connectivity index (χ0) is 25.9. The number of sulfonamides is 1. The lowest BCUT2D eigenvalue weighted by Crippen LogP contribution is -2.22. The summed E-state index contributed by atoms with van der Waals surface area (Å²) in [7, 11) is 0.523. The van der Waals surface area contributed by atoms with Gasteiger partial charge in [0.15, 0.2) is 6.61 Å². The summed E-state index contributed by atoms with van der Waals surface area (Å²) in [6.45, 7) is 3.15. The average molecular weight is 499 g/mol. The van der Waals surface area contributed by atoms with Gasteiger partial charge in [0.1, 0.15) is 0 Å². The quantitative estimate of drug-likeness (QED) is 0.346. The van der Waals surface area contributed by atoms with Crippen LogP contribution in [0.25, 0.3) is 5.69 Å². The first-order valence-corrected chi connectivity index (χ1v) is 12.0. The van der Waals surface area contributed by atoms with Crippen molar-refractivity contribution in [3.8, 4) is 5.69 Å². The Morgan fingerprint density at radius 3 is 1.97 bits per heavy atom. The fourth-order valence-corrected chi connectivity index (χ4v) is 4.47. The summed E-state index contributed by atoms with van der Waals surface area (Å²) in [5.74, 6) is -1.56. The minimum absolute atomic E-state index is 0.0437. The van der Waals surface area contributed by atoms with E-state index in [1.54, 1.807) is 37.3 Å². The standard InChI is InChI=1S/C25H26N2O7S/c1-16-14-22(17(2)27(16)20-10-6-18(7-11-20)24(29)33-5)23(28)15-34-25(30)19-8-12-21(13-9-19)35(31,32)26(3)4/h6-14H,15H2,1-5H3. The molecule has 0 spiro atoms. The number of rotatable bonds is 8. The van der Waals surface area contributed by atoms with Gasteiger partial charge in [0.2, 0.25) is 15.8 Å². The molecule has 1 heterocycles. The van der Waals surface area contributed by atoms with E-state index in [4.69, 9.17) is 9.47 Å². The van der Waals surface area contributed by atoms with E-state index in [-0.39, 0.29) is 16.2 Å². The normalized spacial score (nSPS) is 11.4. The maximum atomic E-state index is 12.8. The molecule has 1 aromatic heterocycles. The Morgan fingerprint density at radius 1 is 0.886 bits per heavy atom. The molecule has 0 atom stereocenters. The summed E-state index contributed by atoms with van der Waals surface area (Å²) in [4.78, 5) is 36.9. The van der Waals surface area contributed by atoms with Crippen LogP contribution in [0.3, 0.4) is 0 Å². The summed E-state index contributed by atoms with van der Waals surface area (Å²) in [5, 5.41) is 0. The number of hydrogen-bond acceptors (Lipinski definition) is 7. The van der Waals surface area contributed by atoms with Gasteiger partial charge in [0, 0.05) is 36.7 Å². The molecule has 0 bridgehead atoms. The maximum Gasteiger partial charge on any atom is 0.338 e. The Balaban J connectivity index is 1.72. The molecular formula is C25H26N2O7S. The van der Waals surface area contributed by atoms with Crippen molar-refractivity contribution < 1.29 is 32.3 Å². The first-order valence-electron chi connectivity index (χ1n) is 10.6. The van der Waals surface area contributed by atoms with Gasteiger partial charge in [-0.15, -0.1) is 0 Å². The molecule has 0 aliphatic rings. The van der Waals surface area contributed by atoms with Crippen LogP contribution in [0, 0.1) is 13.8 Å². The highest BCUT2D eigenvalue weighted by molar-refractivity contribution is 7.89. The number of carbonyl (C=O) groups excluding carboxylic acids is 3. The molecule has 9 nitrogen and oxygen atoms in total. The number of aromatic nitrogens is 1. The van der Waals surface area contributed by atoms with Crippen LogP contribution < -0.4 is 0 Å². The third-order valence-electron chi connectivity index (χ3n) is 5.48. The summed E-state index contributed by atoms with van der Waals surface area (Å²) in [5.41, 5.74) is 3.16. The second kappa shape index (κ2) is 10.2. The van der Waals surface area contributed by atoms with Crippen molar-refractivity contribution in [3.63, 3.8) is 0 Å². The molecule has 0 saturated carbocycles. The Hall–Kier alpha value is -3.76. The summed E-state index contributed by atoms with van der Waals surface area (Å²) in [6.07, 6.45) is 0. The molecule has 2 aromatic carbocycles. The number of aryl methyl sites for hydroxylation is 1. The Bertz CT molecular complexity index is 1370. The zero-order valence-electron chi connectivity index (χ0n) is 20.1. The molecule has 0 amide bonds. The molecule has 0 aliphatic carbocycles. The van der Waals surface area contributed by atoms with Gasteiger partial charge < -0.3 is 14.0 Å². The largest absolute Gasteiger partial charge is 0.465 e. The van der Waals surface area contributed by atoms with Crippen LogP contribution in [-0.4, -0.2) is 62.8 Å². The van der Waals surface area contributed by atoms with E-state index in [9.17, 15) is 22.8 Å². The topological polar surface area (TPSA) is 112 Å². The van der Waals surface area contributed by atoms with Crippen LogP contribution in [0.15, 0.2) is 59.5 Å². The SMILES string of the molecule is COC(=O)c1ccc(-n2c(C)cc(C(=O)COC(=O)c3ccc(S(=O)(=O)N(C)C)cc3)c2C)cc1. The van der Waals surface area contributed by atoms with E-state index in [1.165, 1.54) is 45.5 Å². The van der Waals surface area contributed by atoms with Crippen molar-refractivity contribution in [2.45, 2.75) is 18.7 Å². The van der Waals surface area contributed by atoms with Gasteiger partial charge in [-0.2, -0.15) is 0 Å². The van der Waals surface area contributed by atoms with E-state index in [0.29, 0.717) is 16.8 Å². The molecule has 0 saturated heterocycles. The molecule has 35 heavy (non-hydrogen) atoms. The zero-order valence-corrected chi connectivity index (χ0v) is 20.9. The molecule has 0 unspecified atom stereocenters. The monoisotopic (exact) mass is 498 g/mol. The van der Waals surface area contributed by atoms with E-state index in [0.717, 1.165) is 15.7 Å². The van der Waals surface area contributed by atoms with Gasteiger partial charge in [-0.25, -0.2) is 22.3 Å². The van der Waals surface area contributed by atoms with E-state index in [2.05, 4.69) is 0 Å². The highest BCUT2D eigenvalue weighted by Gasteiger charge is 2.20. The Labute approximate surface area is 203 Å². The summed E-state index contributed by atoms with van der Waals surface area (Å²) < 4.78 is 37.1. The van der Waals surface area contributed by atoms with Crippen molar-refractivity contribution in [1.29, 1.82) is 0 Å². The number of ketones is 1. The van der Waals surface area contributed by atoms with Gasteiger partial charge in [-0.1, -0.05) is 0 Å². The number of carbonyl (C=O) groups is 3. The van der Waals surface area contributed by atoms with Crippen LogP contribution in [-0.2, 0) is 19.5 Å². The number of ether oxygens (including phenoxy) is 2. The fourth-order valence-electron chi connectivity index (χ4n) is 3.57. The predicted octanol–water partition coefficient (Wildman–Crippen LogP) is 3.17. The highest BCUT2D eigenvalue weighted by atomic mass is 32.2. The Kier molecular flexibility index (Phi) is 7.57. The van der Waals surface area contributed by atoms with E-state index >= 15 is 0 Å². The minimum Gasteiger partial charge on any atom is -0.465 e. The molecule has 0 N–H and O–H groups in total. The van der Waals surface area contributed by atoms with Crippen molar-refractivity contribution in [1.82, 2.24) is 8.87 Å². The molecule has 0 radical (unpaired) electrons. The van der Waals surface area contributed by atoms with Crippen molar-refractivity contribution in [2.24, 2.45) is 0 Å². The third-order valence-corrected chi connectivity index (χ3v) is 7.31. The van der Waals surface area contributed by atoms with Crippen LogP contribution in [0.1, 0.15) is 42.5 Å².